The highest BCUT2D eigenvalue weighted by molar-refractivity contribution is 5.94. The molecule has 0 spiro atoms. The van der Waals surface area contributed by atoms with Crippen LogP contribution in [0.2, 0.25) is 0 Å². The minimum Gasteiger partial charge on any atom is -0.497 e. The third-order valence-corrected chi connectivity index (χ3v) is 4.23. The predicted molar refractivity (Wildman–Crippen MR) is 79.8 cm³/mol. The number of carbonyl (C=O) groups is 1. The van der Waals surface area contributed by atoms with Crippen molar-refractivity contribution in [3.8, 4) is 5.75 Å². The molecule has 4 nitrogen and oxygen atoms in total. The zero-order valence-corrected chi connectivity index (χ0v) is 12.1. The first-order valence-electron chi connectivity index (χ1n) is 7.37. The number of rotatable bonds is 5. The third-order valence-electron chi connectivity index (χ3n) is 4.23. The second-order valence-corrected chi connectivity index (χ2v) is 5.48. The molecule has 0 aromatic heterocycles. The van der Waals surface area contributed by atoms with Crippen molar-refractivity contribution in [3.63, 3.8) is 0 Å². The maximum Gasteiger partial charge on any atom is 0.251 e. The Bertz CT molecular complexity index is 448. The SMILES string of the molecule is COc1cccc(C(=O)NCC2CCCCC2CN)c1. The van der Waals surface area contributed by atoms with Gasteiger partial charge >= 0.3 is 0 Å². The molecule has 0 saturated heterocycles. The van der Waals surface area contributed by atoms with E-state index in [0.29, 0.717) is 23.1 Å². The van der Waals surface area contributed by atoms with Gasteiger partial charge in [-0.05, 0) is 49.4 Å². The smallest absolute Gasteiger partial charge is 0.251 e. The summed E-state index contributed by atoms with van der Waals surface area (Å²) in [5.41, 5.74) is 6.46. The van der Waals surface area contributed by atoms with Crippen LogP contribution in [-0.2, 0) is 0 Å². The number of nitrogens with two attached hydrogens (primary N) is 1. The van der Waals surface area contributed by atoms with Gasteiger partial charge in [0.15, 0.2) is 0 Å². The van der Waals surface area contributed by atoms with Crippen LogP contribution in [-0.4, -0.2) is 26.1 Å². The van der Waals surface area contributed by atoms with Gasteiger partial charge in [-0.15, -0.1) is 0 Å². The molecule has 110 valence electrons. The van der Waals surface area contributed by atoms with Gasteiger partial charge in [-0.3, -0.25) is 4.79 Å². The number of nitrogens with one attached hydrogen (secondary N) is 1. The lowest BCUT2D eigenvalue weighted by molar-refractivity contribution is 0.0934. The number of ether oxygens (including phenoxy) is 1. The minimum absolute atomic E-state index is 0.0368. The van der Waals surface area contributed by atoms with Crippen LogP contribution < -0.4 is 15.8 Å². The molecular weight excluding hydrogens is 252 g/mol. The maximum absolute atomic E-state index is 12.2. The van der Waals surface area contributed by atoms with Crippen molar-refractivity contribution >= 4 is 5.91 Å². The van der Waals surface area contributed by atoms with E-state index in [1.165, 1.54) is 25.7 Å². The summed E-state index contributed by atoms with van der Waals surface area (Å²) >= 11 is 0. The first-order valence-corrected chi connectivity index (χ1v) is 7.37. The maximum atomic E-state index is 12.2. The molecular formula is C16H24N2O2. The lowest BCUT2D eigenvalue weighted by atomic mass is 9.79. The Balaban J connectivity index is 1.90. The molecule has 0 aliphatic heterocycles. The van der Waals surface area contributed by atoms with Crippen molar-refractivity contribution in [2.24, 2.45) is 17.6 Å². The number of hydrogen-bond acceptors (Lipinski definition) is 3. The highest BCUT2D eigenvalue weighted by Gasteiger charge is 2.24. The average Bonchev–Trinajstić information content (AvgIpc) is 2.52. The Morgan fingerprint density at radius 3 is 2.80 bits per heavy atom. The number of carbonyl (C=O) groups excluding carboxylic acids is 1. The van der Waals surface area contributed by atoms with Gasteiger partial charge < -0.3 is 15.8 Å². The molecule has 20 heavy (non-hydrogen) atoms. The molecule has 2 atom stereocenters. The minimum atomic E-state index is -0.0368. The van der Waals surface area contributed by atoms with E-state index in [-0.39, 0.29) is 5.91 Å². The number of methoxy groups -OCH3 is 1. The molecule has 0 radical (unpaired) electrons. The third kappa shape index (κ3) is 3.73. The van der Waals surface area contributed by atoms with Gasteiger partial charge in [-0.1, -0.05) is 18.9 Å². The molecule has 1 aliphatic carbocycles. The molecule has 3 N–H and O–H groups in total. The summed E-state index contributed by atoms with van der Waals surface area (Å²) in [7, 11) is 1.60. The van der Waals surface area contributed by atoms with E-state index in [1.54, 1.807) is 19.2 Å². The van der Waals surface area contributed by atoms with E-state index in [4.69, 9.17) is 10.5 Å². The molecule has 2 unspecified atom stereocenters. The van der Waals surface area contributed by atoms with E-state index >= 15 is 0 Å². The lowest BCUT2D eigenvalue weighted by Crippen LogP contribution is -2.36. The van der Waals surface area contributed by atoms with Gasteiger partial charge in [-0.2, -0.15) is 0 Å². The van der Waals surface area contributed by atoms with E-state index in [1.807, 2.05) is 12.1 Å². The summed E-state index contributed by atoms with van der Waals surface area (Å²) in [5.74, 6) is 1.73. The van der Waals surface area contributed by atoms with Gasteiger partial charge in [0.1, 0.15) is 5.75 Å². The van der Waals surface area contributed by atoms with Crippen LogP contribution in [0.4, 0.5) is 0 Å². The fourth-order valence-electron chi connectivity index (χ4n) is 2.95. The van der Waals surface area contributed by atoms with Gasteiger partial charge in [-0.25, -0.2) is 0 Å². The Morgan fingerprint density at radius 2 is 2.10 bits per heavy atom. The summed E-state index contributed by atoms with van der Waals surface area (Å²) in [4.78, 5) is 12.2. The monoisotopic (exact) mass is 276 g/mol. The quantitative estimate of drug-likeness (QED) is 0.866. The van der Waals surface area contributed by atoms with Crippen molar-refractivity contribution < 1.29 is 9.53 Å². The Labute approximate surface area is 120 Å². The van der Waals surface area contributed by atoms with E-state index in [9.17, 15) is 4.79 Å². The summed E-state index contributed by atoms with van der Waals surface area (Å²) in [5, 5.41) is 3.03. The lowest BCUT2D eigenvalue weighted by Gasteiger charge is -2.30. The van der Waals surface area contributed by atoms with Crippen molar-refractivity contribution in [3.05, 3.63) is 29.8 Å². The molecule has 1 amide bonds. The van der Waals surface area contributed by atoms with Crippen LogP contribution in [0.5, 0.6) is 5.75 Å². The molecule has 1 saturated carbocycles. The fraction of sp³-hybridized carbons (Fsp3) is 0.562. The van der Waals surface area contributed by atoms with Crippen LogP contribution in [0.1, 0.15) is 36.0 Å². The van der Waals surface area contributed by atoms with Crippen molar-refractivity contribution in [2.75, 3.05) is 20.2 Å². The fourth-order valence-corrected chi connectivity index (χ4v) is 2.95. The van der Waals surface area contributed by atoms with E-state index in [2.05, 4.69) is 5.32 Å². The summed E-state index contributed by atoms with van der Waals surface area (Å²) in [6.07, 6.45) is 4.87. The second-order valence-electron chi connectivity index (χ2n) is 5.48. The van der Waals surface area contributed by atoms with Crippen LogP contribution >= 0.6 is 0 Å². The Hall–Kier alpha value is -1.55. The first-order chi connectivity index (χ1) is 9.74. The van der Waals surface area contributed by atoms with Gasteiger partial charge in [0, 0.05) is 12.1 Å². The van der Waals surface area contributed by atoms with E-state index in [0.717, 1.165) is 13.1 Å². The van der Waals surface area contributed by atoms with Gasteiger partial charge in [0.05, 0.1) is 7.11 Å². The zero-order valence-electron chi connectivity index (χ0n) is 12.1. The second kappa shape index (κ2) is 7.29. The standard InChI is InChI=1S/C16H24N2O2/c1-20-15-8-4-7-12(9-15)16(19)18-11-14-6-3-2-5-13(14)10-17/h4,7-9,13-14H,2-3,5-6,10-11,17H2,1H3,(H,18,19). The van der Waals surface area contributed by atoms with Crippen LogP contribution in [0, 0.1) is 11.8 Å². The molecule has 2 rings (SSSR count). The molecule has 4 heteroatoms. The van der Waals surface area contributed by atoms with Gasteiger partial charge in [0.25, 0.3) is 5.91 Å². The summed E-state index contributed by atoms with van der Waals surface area (Å²) < 4.78 is 5.14. The number of hydrogen-bond donors (Lipinski definition) is 2. The molecule has 1 fully saturated rings. The van der Waals surface area contributed by atoms with Crippen LogP contribution in [0.25, 0.3) is 0 Å². The molecule has 1 aliphatic rings. The van der Waals surface area contributed by atoms with Crippen LogP contribution in [0.15, 0.2) is 24.3 Å². The molecule has 1 aromatic rings. The topological polar surface area (TPSA) is 64.3 Å². The molecule has 0 heterocycles. The van der Waals surface area contributed by atoms with Crippen molar-refractivity contribution in [2.45, 2.75) is 25.7 Å². The summed E-state index contributed by atoms with van der Waals surface area (Å²) in [6, 6.07) is 7.23. The molecule has 1 aromatic carbocycles. The average molecular weight is 276 g/mol. The summed E-state index contributed by atoms with van der Waals surface area (Å²) in [6.45, 7) is 1.44. The first kappa shape index (κ1) is 14.9. The van der Waals surface area contributed by atoms with Crippen molar-refractivity contribution in [1.29, 1.82) is 0 Å². The van der Waals surface area contributed by atoms with Crippen LogP contribution in [0.3, 0.4) is 0 Å². The van der Waals surface area contributed by atoms with Gasteiger partial charge in [0.2, 0.25) is 0 Å². The highest BCUT2D eigenvalue weighted by atomic mass is 16.5. The normalized spacial score (nSPS) is 22.3. The Morgan fingerprint density at radius 1 is 1.35 bits per heavy atom. The Kier molecular flexibility index (Phi) is 5.41. The number of amides is 1. The largest absolute Gasteiger partial charge is 0.497 e. The zero-order chi connectivity index (χ0) is 14.4. The molecule has 0 bridgehead atoms. The predicted octanol–water partition coefficient (Wildman–Crippen LogP) is 2.19. The van der Waals surface area contributed by atoms with Crippen molar-refractivity contribution in [1.82, 2.24) is 5.32 Å². The van der Waals surface area contributed by atoms with E-state index < -0.39 is 0 Å². The number of benzene rings is 1. The highest BCUT2D eigenvalue weighted by Crippen LogP contribution is 2.28.